The van der Waals surface area contributed by atoms with Crippen LogP contribution in [0.25, 0.3) is 0 Å². The highest BCUT2D eigenvalue weighted by Crippen LogP contribution is 2.20. The van der Waals surface area contributed by atoms with E-state index >= 15 is 0 Å². The van der Waals surface area contributed by atoms with Gasteiger partial charge in [0.1, 0.15) is 5.56 Å². The molecule has 1 fully saturated rings. The number of hydrogen-bond acceptors (Lipinski definition) is 3. The maximum absolute atomic E-state index is 12.2. The van der Waals surface area contributed by atoms with Crippen molar-refractivity contribution < 1.29 is 4.79 Å². The molecule has 2 rings (SSSR count). The van der Waals surface area contributed by atoms with Crippen molar-refractivity contribution in [1.82, 2.24) is 15.2 Å². The number of aryl methyl sites for hydroxylation is 1. The lowest BCUT2D eigenvalue weighted by Gasteiger charge is -2.36. The van der Waals surface area contributed by atoms with Crippen LogP contribution in [0.3, 0.4) is 0 Å². The van der Waals surface area contributed by atoms with Gasteiger partial charge in [0.2, 0.25) is 0 Å². The van der Waals surface area contributed by atoms with Crippen molar-refractivity contribution in [2.45, 2.75) is 40.2 Å². The fourth-order valence-corrected chi connectivity index (χ4v) is 3.43. The van der Waals surface area contributed by atoms with Gasteiger partial charge in [-0.3, -0.25) is 9.59 Å². The molecule has 122 valence electrons. The Balaban J connectivity index is 1.92. The van der Waals surface area contributed by atoms with E-state index in [1.807, 2.05) is 6.92 Å². The normalized spacial score (nSPS) is 24.0. The van der Waals surface area contributed by atoms with Gasteiger partial charge in [-0.15, -0.1) is 0 Å². The van der Waals surface area contributed by atoms with Crippen molar-refractivity contribution in [2.24, 2.45) is 11.8 Å². The van der Waals surface area contributed by atoms with Crippen molar-refractivity contribution in [2.75, 3.05) is 19.6 Å². The van der Waals surface area contributed by atoms with Gasteiger partial charge in [0, 0.05) is 31.4 Å². The number of amides is 1. The average Bonchev–Trinajstić information content (AvgIpc) is 2.36. The summed E-state index contributed by atoms with van der Waals surface area (Å²) in [5.41, 5.74) is 0.605. The monoisotopic (exact) mass is 305 g/mol. The average molecular weight is 305 g/mol. The van der Waals surface area contributed by atoms with E-state index in [1.165, 1.54) is 6.42 Å². The minimum absolute atomic E-state index is 0.0192. The van der Waals surface area contributed by atoms with Gasteiger partial charge in [-0.1, -0.05) is 13.8 Å². The van der Waals surface area contributed by atoms with Crippen LogP contribution in [0.5, 0.6) is 0 Å². The van der Waals surface area contributed by atoms with E-state index in [2.05, 4.69) is 29.0 Å². The molecular weight excluding hydrogens is 278 g/mol. The van der Waals surface area contributed by atoms with Gasteiger partial charge in [-0.2, -0.15) is 0 Å². The number of carbonyl (C=O) groups excluding carboxylic acids is 1. The number of aromatic nitrogens is 1. The molecule has 5 heteroatoms. The third kappa shape index (κ3) is 4.44. The quantitative estimate of drug-likeness (QED) is 0.891. The maximum Gasteiger partial charge on any atom is 0.260 e. The molecule has 1 aliphatic rings. The summed E-state index contributed by atoms with van der Waals surface area (Å²) in [6.45, 7) is 11.3. The smallest absolute Gasteiger partial charge is 0.260 e. The molecule has 1 saturated heterocycles. The van der Waals surface area contributed by atoms with Gasteiger partial charge < -0.3 is 15.2 Å². The number of hydrogen-bond donors (Lipinski definition) is 2. The summed E-state index contributed by atoms with van der Waals surface area (Å²) < 4.78 is 0. The first-order valence-electron chi connectivity index (χ1n) is 8.08. The van der Waals surface area contributed by atoms with Gasteiger partial charge >= 0.3 is 0 Å². The Hall–Kier alpha value is -1.62. The zero-order valence-electron chi connectivity index (χ0n) is 14.0. The molecule has 0 bridgehead atoms. The molecule has 22 heavy (non-hydrogen) atoms. The van der Waals surface area contributed by atoms with Crippen molar-refractivity contribution in [1.29, 1.82) is 0 Å². The van der Waals surface area contributed by atoms with Gasteiger partial charge in [0.05, 0.1) is 0 Å². The number of pyridine rings is 1. The van der Waals surface area contributed by atoms with E-state index in [0.717, 1.165) is 25.3 Å². The van der Waals surface area contributed by atoms with Crippen molar-refractivity contribution in [3.05, 3.63) is 33.7 Å². The van der Waals surface area contributed by atoms with Gasteiger partial charge in [-0.25, -0.2) is 0 Å². The predicted octanol–water partition coefficient (Wildman–Crippen LogP) is 1.78. The Kier molecular flexibility index (Phi) is 5.40. The lowest BCUT2D eigenvalue weighted by atomic mass is 9.92. The van der Waals surface area contributed by atoms with Crippen LogP contribution in [-0.2, 0) is 0 Å². The number of nitrogens with one attached hydrogen (secondary N) is 2. The Morgan fingerprint density at radius 1 is 1.36 bits per heavy atom. The summed E-state index contributed by atoms with van der Waals surface area (Å²) in [6.07, 6.45) is 1.27. The lowest BCUT2D eigenvalue weighted by molar-refractivity contribution is 0.0903. The van der Waals surface area contributed by atoms with E-state index in [1.54, 1.807) is 19.1 Å². The predicted molar refractivity (Wildman–Crippen MR) is 88.1 cm³/mol. The van der Waals surface area contributed by atoms with Gasteiger partial charge in [-0.05, 0) is 44.2 Å². The summed E-state index contributed by atoms with van der Waals surface area (Å²) in [5, 5.41) is 2.93. The maximum atomic E-state index is 12.2. The van der Waals surface area contributed by atoms with Crippen LogP contribution in [0.2, 0.25) is 0 Å². The van der Waals surface area contributed by atoms with Crippen LogP contribution in [0.15, 0.2) is 16.9 Å². The number of likely N-dealkylation sites (tertiary alicyclic amines) is 1. The Labute approximate surface area is 132 Å². The van der Waals surface area contributed by atoms with Crippen molar-refractivity contribution >= 4 is 5.91 Å². The molecular formula is C17H27N3O2. The SMILES string of the molecule is Cc1ccc(C(=O)N[C@H](C)CN2C[C@H](C)C[C@H](C)C2)c(=O)[nH]1. The Morgan fingerprint density at radius 2 is 2.00 bits per heavy atom. The number of aromatic amines is 1. The molecule has 0 radical (unpaired) electrons. The molecule has 1 aliphatic heterocycles. The highest BCUT2D eigenvalue weighted by Gasteiger charge is 2.23. The van der Waals surface area contributed by atoms with Crippen LogP contribution in [0, 0.1) is 18.8 Å². The first-order valence-corrected chi connectivity index (χ1v) is 8.08. The second-order valence-electron chi connectivity index (χ2n) is 6.92. The Bertz CT molecular complexity index is 572. The van der Waals surface area contributed by atoms with Crippen LogP contribution >= 0.6 is 0 Å². The van der Waals surface area contributed by atoms with Crippen LogP contribution in [0.4, 0.5) is 0 Å². The summed E-state index contributed by atoms with van der Waals surface area (Å²) in [6, 6.07) is 3.35. The zero-order valence-corrected chi connectivity index (χ0v) is 14.0. The molecule has 0 unspecified atom stereocenters. The van der Waals surface area contributed by atoms with E-state index < -0.39 is 0 Å². The fourth-order valence-electron chi connectivity index (χ4n) is 3.43. The van der Waals surface area contributed by atoms with Crippen LogP contribution in [-0.4, -0.2) is 41.5 Å². The molecule has 1 aromatic heterocycles. The number of piperidine rings is 1. The van der Waals surface area contributed by atoms with E-state index in [4.69, 9.17) is 0 Å². The standard InChI is InChI=1S/C17H27N3O2/c1-11-7-12(2)9-20(8-11)10-14(4)19-17(22)15-6-5-13(3)18-16(15)21/h5-6,11-12,14H,7-10H2,1-4H3,(H,18,21)(H,19,22)/t11-,12+,14-/m1/s1. The summed E-state index contributed by atoms with van der Waals surface area (Å²) in [4.78, 5) is 29.1. The lowest BCUT2D eigenvalue weighted by Crippen LogP contribution is -2.47. The van der Waals surface area contributed by atoms with Crippen LogP contribution < -0.4 is 10.9 Å². The largest absolute Gasteiger partial charge is 0.348 e. The number of nitrogens with zero attached hydrogens (tertiary/aromatic N) is 1. The first-order chi connectivity index (χ1) is 10.3. The molecule has 0 saturated carbocycles. The number of rotatable bonds is 4. The molecule has 0 spiro atoms. The highest BCUT2D eigenvalue weighted by molar-refractivity contribution is 5.93. The van der Waals surface area contributed by atoms with E-state index in [9.17, 15) is 9.59 Å². The summed E-state index contributed by atoms with van der Waals surface area (Å²) >= 11 is 0. The molecule has 0 aromatic carbocycles. The zero-order chi connectivity index (χ0) is 16.3. The molecule has 1 amide bonds. The van der Waals surface area contributed by atoms with E-state index in [0.29, 0.717) is 11.8 Å². The molecule has 2 heterocycles. The minimum atomic E-state index is -0.329. The fraction of sp³-hybridized carbons (Fsp3) is 0.647. The topological polar surface area (TPSA) is 65.2 Å². The first kappa shape index (κ1) is 16.7. The summed E-state index contributed by atoms with van der Waals surface area (Å²) in [5.74, 6) is 1.10. The highest BCUT2D eigenvalue weighted by atomic mass is 16.2. The number of carbonyl (C=O) groups is 1. The van der Waals surface area contributed by atoms with E-state index in [-0.39, 0.29) is 23.1 Å². The summed E-state index contributed by atoms with van der Waals surface area (Å²) in [7, 11) is 0. The van der Waals surface area contributed by atoms with Crippen LogP contribution in [0.1, 0.15) is 43.2 Å². The molecule has 0 aliphatic carbocycles. The third-order valence-corrected chi connectivity index (χ3v) is 4.15. The van der Waals surface area contributed by atoms with Crippen molar-refractivity contribution in [3.63, 3.8) is 0 Å². The molecule has 2 N–H and O–H groups in total. The molecule has 5 nitrogen and oxygen atoms in total. The van der Waals surface area contributed by atoms with Gasteiger partial charge in [0.25, 0.3) is 11.5 Å². The van der Waals surface area contributed by atoms with Crippen molar-refractivity contribution in [3.8, 4) is 0 Å². The molecule has 1 aromatic rings. The van der Waals surface area contributed by atoms with Gasteiger partial charge in [0.15, 0.2) is 0 Å². The second kappa shape index (κ2) is 7.09. The Morgan fingerprint density at radius 3 is 2.59 bits per heavy atom. The molecule has 3 atom stereocenters. The number of H-pyrrole nitrogens is 1. The third-order valence-electron chi connectivity index (χ3n) is 4.15. The second-order valence-corrected chi connectivity index (χ2v) is 6.92. The minimum Gasteiger partial charge on any atom is -0.348 e.